The minimum Gasteiger partial charge on any atom is -0.385 e. The quantitative estimate of drug-likeness (QED) is 0.336. The molecule has 2 N–H and O–H groups in total. The van der Waals surface area contributed by atoms with Gasteiger partial charge in [-0.15, -0.1) is 24.0 Å². The highest BCUT2D eigenvalue weighted by Crippen LogP contribution is 2.43. The van der Waals surface area contributed by atoms with Crippen LogP contribution < -0.4 is 15.5 Å². The van der Waals surface area contributed by atoms with Crippen molar-refractivity contribution in [1.82, 2.24) is 10.6 Å². The van der Waals surface area contributed by atoms with Crippen LogP contribution in [0.15, 0.2) is 35.3 Å². The molecule has 5 nitrogen and oxygen atoms in total. The zero-order chi connectivity index (χ0) is 18.2. The molecule has 0 radical (unpaired) electrons. The molecule has 3 rings (SSSR count). The maximum Gasteiger partial charge on any atom is 0.191 e. The second kappa shape index (κ2) is 11.1. The number of aliphatic imine (C=N–C) groups is 1. The van der Waals surface area contributed by atoms with Crippen LogP contribution in [0, 0.1) is 11.3 Å². The minimum absolute atomic E-state index is 0. The van der Waals surface area contributed by atoms with Crippen molar-refractivity contribution >= 4 is 35.6 Å². The third-order valence-electron chi connectivity index (χ3n) is 6.07. The van der Waals surface area contributed by atoms with Crippen molar-refractivity contribution in [2.24, 2.45) is 16.3 Å². The van der Waals surface area contributed by atoms with Crippen molar-refractivity contribution in [2.75, 3.05) is 51.8 Å². The molecule has 2 fully saturated rings. The van der Waals surface area contributed by atoms with Gasteiger partial charge in [-0.25, -0.2) is 0 Å². The van der Waals surface area contributed by atoms with E-state index in [0.29, 0.717) is 11.3 Å². The van der Waals surface area contributed by atoms with E-state index in [-0.39, 0.29) is 24.0 Å². The van der Waals surface area contributed by atoms with Crippen molar-refractivity contribution in [2.45, 2.75) is 32.1 Å². The summed E-state index contributed by atoms with van der Waals surface area (Å²) in [6, 6.07) is 10.7. The Labute approximate surface area is 181 Å². The fourth-order valence-corrected chi connectivity index (χ4v) is 4.12. The number of methoxy groups -OCH3 is 1. The van der Waals surface area contributed by atoms with Crippen LogP contribution in [0.4, 0.5) is 5.69 Å². The summed E-state index contributed by atoms with van der Waals surface area (Å²) in [5.41, 5.74) is 1.74. The molecule has 1 atom stereocenters. The van der Waals surface area contributed by atoms with Gasteiger partial charge in [-0.2, -0.15) is 0 Å². The van der Waals surface area contributed by atoms with E-state index in [0.717, 1.165) is 45.2 Å². The van der Waals surface area contributed by atoms with Crippen LogP contribution in [-0.2, 0) is 4.74 Å². The van der Waals surface area contributed by atoms with Gasteiger partial charge in [0, 0.05) is 52.6 Å². The molecule has 0 spiro atoms. The number of rotatable bonds is 8. The summed E-state index contributed by atoms with van der Waals surface area (Å²) < 4.78 is 5.29. The predicted octanol–water partition coefficient (Wildman–Crippen LogP) is 3.50. The average Bonchev–Trinajstić information content (AvgIpc) is 3.12. The number of para-hydroxylation sites is 1. The molecular weight excluding hydrogens is 451 g/mol. The smallest absolute Gasteiger partial charge is 0.191 e. The van der Waals surface area contributed by atoms with Crippen molar-refractivity contribution in [3.05, 3.63) is 30.3 Å². The van der Waals surface area contributed by atoms with Gasteiger partial charge in [-0.05, 0) is 49.1 Å². The fraction of sp³-hybridized carbons (Fsp3) is 0.667. The highest BCUT2D eigenvalue weighted by atomic mass is 127. The van der Waals surface area contributed by atoms with Gasteiger partial charge >= 0.3 is 0 Å². The van der Waals surface area contributed by atoms with E-state index in [2.05, 4.69) is 50.9 Å². The molecule has 0 amide bonds. The van der Waals surface area contributed by atoms with Gasteiger partial charge in [-0.3, -0.25) is 4.99 Å². The Morgan fingerprint density at radius 2 is 2.04 bits per heavy atom. The van der Waals surface area contributed by atoms with Crippen LogP contribution in [0.1, 0.15) is 32.1 Å². The first-order chi connectivity index (χ1) is 12.7. The number of hydrogen-bond acceptors (Lipinski definition) is 3. The first-order valence-corrected chi connectivity index (χ1v) is 9.98. The van der Waals surface area contributed by atoms with E-state index < -0.39 is 0 Å². The molecule has 1 saturated heterocycles. The number of benzene rings is 1. The third kappa shape index (κ3) is 6.24. The van der Waals surface area contributed by atoms with Crippen LogP contribution in [0.3, 0.4) is 0 Å². The number of hydrogen-bond donors (Lipinski definition) is 2. The Morgan fingerprint density at radius 3 is 2.67 bits per heavy atom. The van der Waals surface area contributed by atoms with Crippen molar-refractivity contribution in [3.63, 3.8) is 0 Å². The number of anilines is 1. The van der Waals surface area contributed by atoms with Crippen LogP contribution in [0.2, 0.25) is 0 Å². The summed E-state index contributed by atoms with van der Waals surface area (Å²) in [4.78, 5) is 6.90. The standard InChI is InChI=1S/C21H34N4O.HI/c1-22-20(24-17-21(10-6-11-21)12-14-26-2)23-15-18-9-13-25(16-18)19-7-4-3-5-8-19;/h3-5,7-8,18H,6,9-17H2,1-2H3,(H2,22,23,24);1H. The van der Waals surface area contributed by atoms with Crippen LogP contribution in [0.5, 0.6) is 0 Å². The molecule has 1 aliphatic heterocycles. The third-order valence-corrected chi connectivity index (χ3v) is 6.07. The van der Waals surface area contributed by atoms with Crippen molar-refractivity contribution in [1.29, 1.82) is 0 Å². The molecule has 0 bridgehead atoms. The lowest BCUT2D eigenvalue weighted by Gasteiger charge is -2.42. The second-order valence-corrected chi connectivity index (χ2v) is 7.84. The number of guanidine groups is 1. The largest absolute Gasteiger partial charge is 0.385 e. The molecule has 1 aliphatic carbocycles. The van der Waals surface area contributed by atoms with Crippen molar-refractivity contribution in [3.8, 4) is 0 Å². The first-order valence-electron chi connectivity index (χ1n) is 9.98. The van der Waals surface area contributed by atoms with E-state index in [1.54, 1.807) is 7.11 Å². The summed E-state index contributed by atoms with van der Waals surface area (Å²) in [5.74, 6) is 1.60. The minimum atomic E-state index is 0. The average molecular weight is 486 g/mol. The predicted molar refractivity (Wildman–Crippen MR) is 124 cm³/mol. The number of halogens is 1. The highest BCUT2D eigenvalue weighted by Gasteiger charge is 2.36. The van der Waals surface area contributed by atoms with E-state index in [1.165, 1.54) is 31.4 Å². The molecular formula is C21H35IN4O. The molecule has 152 valence electrons. The van der Waals surface area contributed by atoms with Gasteiger partial charge in [0.1, 0.15) is 0 Å². The van der Waals surface area contributed by atoms with Crippen LogP contribution in [0.25, 0.3) is 0 Å². The van der Waals surface area contributed by atoms with Crippen LogP contribution in [-0.4, -0.2) is 52.9 Å². The van der Waals surface area contributed by atoms with Gasteiger partial charge in [0.25, 0.3) is 0 Å². The number of ether oxygens (including phenoxy) is 1. The molecule has 1 aromatic carbocycles. The molecule has 6 heteroatoms. The Kier molecular flexibility index (Phi) is 9.15. The summed E-state index contributed by atoms with van der Waals surface area (Å²) in [5, 5.41) is 7.10. The lowest BCUT2D eigenvalue weighted by Crippen LogP contribution is -2.47. The molecule has 2 aliphatic rings. The topological polar surface area (TPSA) is 48.9 Å². The lowest BCUT2D eigenvalue weighted by molar-refractivity contribution is 0.0732. The summed E-state index contributed by atoms with van der Waals surface area (Å²) >= 11 is 0. The zero-order valence-electron chi connectivity index (χ0n) is 16.7. The molecule has 1 heterocycles. The van der Waals surface area contributed by atoms with E-state index in [9.17, 15) is 0 Å². The normalized spacial score (nSPS) is 21.3. The van der Waals surface area contributed by atoms with Gasteiger partial charge in [0.2, 0.25) is 0 Å². The maximum atomic E-state index is 5.29. The highest BCUT2D eigenvalue weighted by molar-refractivity contribution is 14.0. The maximum absolute atomic E-state index is 5.29. The van der Waals surface area contributed by atoms with Gasteiger partial charge in [-0.1, -0.05) is 24.6 Å². The molecule has 0 aromatic heterocycles. The molecule has 1 saturated carbocycles. The van der Waals surface area contributed by atoms with Gasteiger partial charge in [0.15, 0.2) is 5.96 Å². The first kappa shape index (κ1) is 22.3. The SMILES string of the molecule is CN=C(NCC1CCN(c2ccccc2)C1)NCC1(CCOC)CCC1.I. The molecule has 27 heavy (non-hydrogen) atoms. The van der Waals surface area contributed by atoms with E-state index in [1.807, 2.05) is 7.05 Å². The van der Waals surface area contributed by atoms with Gasteiger partial charge in [0.05, 0.1) is 0 Å². The van der Waals surface area contributed by atoms with Crippen molar-refractivity contribution < 1.29 is 4.74 Å². The number of nitrogens with zero attached hydrogens (tertiary/aromatic N) is 2. The Hall–Kier alpha value is -1.02. The zero-order valence-corrected chi connectivity index (χ0v) is 19.1. The fourth-order valence-electron chi connectivity index (χ4n) is 4.12. The molecule has 1 unspecified atom stereocenters. The lowest BCUT2D eigenvalue weighted by atomic mass is 9.67. The van der Waals surface area contributed by atoms with Crippen LogP contribution >= 0.6 is 24.0 Å². The Bertz CT molecular complexity index is 577. The summed E-state index contributed by atoms with van der Waals surface area (Å²) in [6.07, 6.45) is 6.32. The summed E-state index contributed by atoms with van der Waals surface area (Å²) in [6.45, 7) is 5.09. The summed E-state index contributed by atoms with van der Waals surface area (Å²) in [7, 11) is 3.66. The van der Waals surface area contributed by atoms with Gasteiger partial charge < -0.3 is 20.3 Å². The van der Waals surface area contributed by atoms with E-state index in [4.69, 9.17) is 4.74 Å². The second-order valence-electron chi connectivity index (χ2n) is 7.84. The molecule has 1 aromatic rings. The monoisotopic (exact) mass is 486 g/mol. The Morgan fingerprint density at radius 1 is 1.26 bits per heavy atom. The number of nitrogens with one attached hydrogen (secondary N) is 2. The van der Waals surface area contributed by atoms with E-state index >= 15 is 0 Å². The Balaban J connectivity index is 0.00000261.